The smallest absolute Gasteiger partial charge is 0.153 e. The van der Waals surface area contributed by atoms with Gasteiger partial charge in [0.15, 0.2) is 6.29 Å². The molecule has 3 nitrogen and oxygen atoms in total. The van der Waals surface area contributed by atoms with Crippen LogP contribution in [-0.2, 0) is 6.42 Å². The van der Waals surface area contributed by atoms with Crippen LogP contribution in [0.3, 0.4) is 0 Å². The van der Waals surface area contributed by atoms with Gasteiger partial charge in [0.2, 0.25) is 0 Å². The zero-order valence-electron chi connectivity index (χ0n) is 10.1. The minimum absolute atomic E-state index is 0.207. The monoisotopic (exact) mass is 242 g/mol. The average Bonchev–Trinajstić information content (AvgIpc) is 2.40. The van der Waals surface area contributed by atoms with Crippen molar-refractivity contribution in [2.45, 2.75) is 13.3 Å². The molecule has 0 heterocycles. The fourth-order valence-electron chi connectivity index (χ4n) is 1.79. The summed E-state index contributed by atoms with van der Waals surface area (Å²) in [5.41, 5.74) is 1.22. The first-order valence-electron chi connectivity index (χ1n) is 5.79. The van der Waals surface area contributed by atoms with Gasteiger partial charge in [0.25, 0.3) is 0 Å². The molecule has 0 amide bonds. The first-order valence-corrected chi connectivity index (χ1v) is 5.79. The minimum atomic E-state index is 0.207. The number of benzene rings is 2. The van der Waals surface area contributed by atoms with Gasteiger partial charge in [-0.1, -0.05) is 25.1 Å². The normalized spacial score (nSPS) is 10.1. The van der Waals surface area contributed by atoms with Crippen molar-refractivity contribution in [1.82, 2.24) is 0 Å². The van der Waals surface area contributed by atoms with Gasteiger partial charge >= 0.3 is 0 Å². The van der Waals surface area contributed by atoms with E-state index >= 15 is 0 Å². The molecule has 2 rings (SSSR count). The van der Waals surface area contributed by atoms with Crippen LogP contribution in [-0.4, -0.2) is 11.4 Å². The highest BCUT2D eigenvalue weighted by atomic mass is 16.5. The highest BCUT2D eigenvalue weighted by Crippen LogP contribution is 2.32. The maximum atomic E-state index is 10.9. The van der Waals surface area contributed by atoms with Crippen LogP contribution < -0.4 is 4.74 Å². The topological polar surface area (TPSA) is 46.5 Å². The predicted molar refractivity (Wildman–Crippen MR) is 69.4 cm³/mol. The van der Waals surface area contributed by atoms with Crippen LogP contribution >= 0.6 is 0 Å². The van der Waals surface area contributed by atoms with E-state index in [0.29, 0.717) is 23.5 Å². The van der Waals surface area contributed by atoms with Gasteiger partial charge in [-0.2, -0.15) is 0 Å². The summed E-state index contributed by atoms with van der Waals surface area (Å²) < 4.78 is 5.71. The van der Waals surface area contributed by atoms with Crippen LogP contribution in [0.1, 0.15) is 22.8 Å². The lowest BCUT2D eigenvalue weighted by Gasteiger charge is -2.12. The van der Waals surface area contributed by atoms with E-state index in [-0.39, 0.29) is 5.75 Å². The Morgan fingerprint density at radius 1 is 1.11 bits per heavy atom. The minimum Gasteiger partial charge on any atom is -0.508 e. The lowest BCUT2D eigenvalue weighted by atomic mass is 10.1. The number of rotatable bonds is 4. The third kappa shape index (κ3) is 2.35. The molecular formula is C15H14O3. The highest BCUT2D eigenvalue weighted by Gasteiger charge is 2.09. The molecule has 0 aromatic heterocycles. The van der Waals surface area contributed by atoms with Gasteiger partial charge in [0.05, 0.1) is 5.56 Å². The van der Waals surface area contributed by atoms with Gasteiger partial charge < -0.3 is 9.84 Å². The molecule has 0 bridgehead atoms. The van der Waals surface area contributed by atoms with Gasteiger partial charge in [-0.05, 0) is 30.7 Å². The number of ether oxygens (including phenoxy) is 1. The molecule has 0 radical (unpaired) electrons. The SMILES string of the molecule is CCc1c(O)cccc1Oc1ccccc1C=O. The molecule has 92 valence electrons. The molecule has 3 heteroatoms. The van der Waals surface area contributed by atoms with Crippen molar-refractivity contribution in [1.29, 1.82) is 0 Å². The number of phenols is 1. The van der Waals surface area contributed by atoms with E-state index in [2.05, 4.69) is 0 Å². The van der Waals surface area contributed by atoms with E-state index in [4.69, 9.17) is 4.74 Å². The van der Waals surface area contributed by atoms with Crippen LogP contribution in [0.4, 0.5) is 0 Å². The third-order valence-electron chi connectivity index (χ3n) is 2.73. The molecule has 0 aliphatic carbocycles. The molecule has 0 fully saturated rings. The summed E-state index contributed by atoms with van der Waals surface area (Å²) in [6.45, 7) is 1.94. The van der Waals surface area contributed by atoms with Gasteiger partial charge in [-0.15, -0.1) is 0 Å². The lowest BCUT2D eigenvalue weighted by Crippen LogP contribution is -1.94. The Kier molecular flexibility index (Phi) is 3.63. The summed E-state index contributed by atoms with van der Waals surface area (Å²) in [4.78, 5) is 10.9. The van der Waals surface area contributed by atoms with Gasteiger partial charge in [-0.25, -0.2) is 0 Å². The van der Waals surface area contributed by atoms with Crippen molar-refractivity contribution >= 4 is 6.29 Å². The number of carbonyl (C=O) groups is 1. The Bertz CT molecular complexity index is 561. The summed E-state index contributed by atoms with van der Waals surface area (Å²) in [5.74, 6) is 1.28. The number of aromatic hydroxyl groups is 1. The molecule has 0 saturated heterocycles. The Hall–Kier alpha value is -2.29. The largest absolute Gasteiger partial charge is 0.508 e. The van der Waals surface area contributed by atoms with Crippen molar-refractivity contribution in [2.75, 3.05) is 0 Å². The fraction of sp³-hybridized carbons (Fsp3) is 0.133. The highest BCUT2D eigenvalue weighted by molar-refractivity contribution is 5.79. The summed E-state index contributed by atoms with van der Waals surface area (Å²) in [5, 5.41) is 9.75. The Morgan fingerprint density at radius 2 is 1.83 bits per heavy atom. The second-order valence-electron chi connectivity index (χ2n) is 3.87. The van der Waals surface area contributed by atoms with Crippen molar-refractivity contribution in [3.05, 3.63) is 53.6 Å². The Labute approximate surface area is 106 Å². The Balaban J connectivity index is 2.40. The fourth-order valence-corrected chi connectivity index (χ4v) is 1.79. The molecule has 0 aliphatic rings. The van der Waals surface area contributed by atoms with E-state index < -0.39 is 0 Å². The molecule has 0 aliphatic heterocycles. The number of aldehydes is 1. The molecule has 18 heavy (non-hydrogen) atoms. The Morgan fingerprint density at radius 3 is 2.56 bits per heavy atom. The molecule has 0 atom stereocenters. The van der Waals surface area contributed by atoms with Gasteiger partial charge in [0, 0.05) is 5.56 Å². The maximum absolute atomic E-state index is 10.9. The standard InChI is InChI=1S/C15H14O3/c1-2-12-13(17)7-5-9-15(12)18-14-8-4-3-6-11(14)10-16/h3-10,17H,2H2,1H3. The summed E-state index contributed by atoms with van der Waals surface area (Å²) in [6.07, 6.45) is 1.41. The molecular weight excluding hydrogens is 228 g/mol. The van der Waals surface area contributed by atoms with Crippen molar-refractivity contribution < 1.29 is 14.6 Å². The number of phenolic OH excluding ortho intramolecular Hbond substituents is 1. The molecule has 2 aromatic carbocycles. The van der Waals surface area contributed by atoms with Gasteiger partial charge in [-0.3, -0.25) is 4.79 Å². The van der Waals surface area contributed by atoms with E-state index in [9.17, 15) is 9.90 Å². The van der Waals surface area contributed by atoms with Crippen LogP contribution in [0.5, 0.6) is 17.2 Å². The molecule has 2 aromatic rings. The first kappa shape index (κ1) is 12.2. The lowest BCUT2D eigenvalue weighted by molar-refractivity contribution is 0.112. The summed E-state index contributed by atoms with van der Waals surface area (Å²) in [7, 11) is 0. The zero-order valence-corrected chi connectivity index (χ0v) is 10.1. The van der Waals surface area contributed by atoms with E-state index in [1.165, 1.54) is 0 Å². The molecule has 0 unspecified atom stereocenters. The van der Waals surface area contributed by atoms with E-state index in [0.717, 1.165) is 11.8 Å². The number of hydrogen-bond acceptors (Lipinski definition) is 3. The third-order valence-corrected chi connectivity index (χ3v) is 2.73. The van der Waals surface area contributed by atoms with Crippen LogP contribution in [0.2, 0.25) is 0 Å². The summed E-state index contributed by atoms with van der Waals surface area (Å²) in [6, 6.07) is 12.1. The van der Waals surface area contributed by atoms with Crippen LogP contribution in [0.15, 0.2) is 42.5 Å². The van der Waals surface area contributed by atoms with E-state index in [1.54, 1.807) is 42.5 Å². The van der Waals surface area contributed by atoms with Crippen LogP contribution in [0, 0.1) is 0 Å². The van der Waals surface area contributed by atoms with Crippen LogP contribution in [0.25, 0.3) is 0 Å². The second kappa shape index (κ2) is 5.36. The quantitative estimate of drug-likeness (QED) is 0.834. The van der Waals surface area contributed by atoms with Crippen molar-refractivity contribution in [3.8, 4) is 17.2 Å². The second-order valence-corrected chi connectivity index (χ2v) is 3.87. The van der Waals surface area contributed by atoms with E-state index in [1.807, 2.05) is 6.92 Å². The first-order chi connectivity index (χ1) is 8.76. The van der Waals surface area contributed by atoms with Crippen molar-refractivity contribution in [3.63, 3.8) is 0 Å². The number of hydrogen-bond donors (Lipinski definition) is 1. The molecule has 1 N–H and O–H groups in total. The zero-order chi connectivity index (χ0) is 13.0. The van der Waals surface area contributed by atoms with Crippen molar-refractivity contribution in [2.24, 2.45) is 0 Å². The number of para-hydroxylation sites is 1. The van der Waals surface area contributed by atoms with Gasteiger partial charge in [0.1, 0.15) is 17.2 Å². The average molecular weight is 242 g/mol. The predicted octanol–water partition coefficient (Wildman–Crippen LogP) is 3.56. The number of carbonyl (C=O) groups excluding carboxylic acids is 1. The molecule has 0 spiro atoms. The maximum Gasteiger partial charge on any atom is 0.153 e. The molecule has 0 saturated carbocycles. The summed E-state index contributed by atoms with van der Waals surface area (Å²) >= 11 is 0.